The summed E-state index contributed by atoms with van der Waals surface area (Å²) in [6, 6.07) is 6.92. The first-order valence-electron chi connectivity index (χ1n) is 7.60. The molecule has 112 valence electrons. The highest BCUT2D eigenvalue weighted by Crippen LogP contribution is 2.31. The first-order chi connectivity index (χ1) is 9.55. The largest absolute Gasteiger partial charge is 0.493 e. The van der Waals surface area contributed by atoms with E-state index in [1.54, 1.807) is 7.11 Å². The minimum absolute atomic E-state index is 0.124. The average molecular weight is 277 g/mol. The van der Waals surface area contributed by atoms with E-state index in [2.05, 4.69) is 44.3 Å². The molecule has 0 radical (unpaired) electrons. The molecule has 0 aromatic heterocycles. The van der Waals surface area contributed by atoms with E-state index >= 15 is 0 Å². The summed E-state index contributed by atoms with van der Waals surface area (Å²) >= 11 is 0. The number of hydrogen-bond acceptors (Lipinski definition) is 3. The lowest BCUT2D eigenvalue weighted by Crippen LogP contribution is -2.32. The minimum atomic E-state index is -0.124. The Balaban J connectivity index is 2.17. The van der Waals surface area contributed by atoms with Gasteiger partial charge in [-0.1, -0.05) is 19.1 Å². The fourth-order valence-electron chi connectivity index (χ4n) is 2.62. The summed E-state index contributed by atoms with van der Waals surface area (Å²) < 4.78 is 11.2. The normalized spacial score (nSPS) is 15.8. The summed E-state index contributed by atoms with van der Waals surface area (Å²) in [7, 11) is 1.79. The zero-order valence-corrected chi connectivity index (χ0v) is 13.2. The lowest BCUT2D eigenvalue weighted by molar-refractivity contribution is 0.00684. The van der Waals surface area contributed by atoms with E-state index in [4.69, 9.17) is 9.47 Å². The van der Waals surface area contributed by atoms with Crippen LogP contribution in [0.15, 0.2) is 18.2 Å². The molecule has 1 atom stereocenters. The molecule has 1 aromatic rings. The molecule has 1 N–H and O–H groups in total. The van der Waals surface area contributed by atoms with Crippen LogP contribution in [0.2, 0.25) is 0 Å². The molecule has 3 nitrogen and oxygen atoms in total. The zero-order chi connectivity index (χ0) is 14.6. The van der Waals surface area contributed by atoms with Gasteiger partial charge in [-0.05, 0) is 50.4 Å². The van der Waals surface area contributed by atoms with Gasteiger partial charge in [0.05, 0.1) is 12.2 Å². The fourth-order valence-corrected chi connectivity index (χ4v) is 2.62. The molecular formula is C17H27NO2. The maximum absolute atomic E-state index is 5.60. The molecule has 0 saturated heterocycles. The van der Waals surface area contributed by atoms with Gasteiger partial charge in [0.15, 0.2) is 0 Å². The van der Waals surface area contributed by atoms with Gasteiger partial charge in [0.2, 0.25) is 0 Å². The van der Waals surface area contributed by atoms with Crippen molar-refractivity contribution in [2.45, 2.75) is 51.7 Å². The second-order valence-electron chi connectivity index (χ2n) is 6.14. The molecular weight excluding hydrogens is 250 g/mol. The van der Waals surface area contributed by atoms with Gasteiger partial charge in [-0.2, -0.15) is 0 Å². The van der Waals surface area contributed by atoms with Crippen LogP contribution in [-0.2, 0) is 11.2 Å². The van der Waals surface area contributed by atoms with Gasteiger partial charge >= 0.3 is 0 Å². The van der Waals surface area contributed by atoms with E-state index in [-0.39, 0.29) is 5.60 Å². The molecule has 2 rings (SSSR count). The molecule has 1 aromatic carbocycles. The van der Waals surface area contributed by atoms with Crippen molar-refractivity contribution in [2.75, 3.05) is 20.3 Å². The third-order valence-electron chi connectivity index (χ3n) is 4.00. The summed E-state index contributed by atoms with van der Waals surface area (Å²) in [6.45, 7) is 8.32. The number of hydrogen-bond donors (Lipinski definition) is 1. The van der Waals surface area contributed by atoms with E-state index in [1.165, 1.54) is 11.1 Å². The summed E-state index contributed by atoms with van der Waals surface area (Å²) in [5.74, 6) is 1.05. The first-order valence-corrected chi connectivity index (χ1v) is 7.60. The van der Waals surface area contributed by atoms with E-state index in [9.17, 15) is 0 Å². The Bertz CT molecular complexity index is 443. The number of fused-ring (bicyclic) bond motifs is 1. The zero-order valence-electron chi connectivity index (χ0n) is 13.2. The summed E-state index contributed by atoms with van der Waals surface area (Å²) in [5, 5.41) is 3.65. The summed E-state index contributed by atoms with van der Waals surface area (Å²) in [4.78, 5) is 0. The Hall–Kier alpha value is -1.06. The highest BCUT2D eigenvalue weighted by molar-refractivity contribution is 5.40. The van der Waals surface area contributed by atoms with Crippen LogP contribution in [0.4, 0.5) is 0 Å². The molecule has 1 aliphatic heterocycles. The SMILES string of the molecule is CCCNC(CC(C)(C)OC)c1ccc2c(c1)CCO2. The van der Waals surface area contributed by atoms with E-state index in [0.717, 1.165) is 38.2 Å². The minimum Gasteiger partial charge on any atom is -0.493 e. The molecule has 0 aliphatic carbocycles. The smallest absolute Gasteiger partial charge is 0.122 e. The third kappa shape index (κ3) is 3.74. The summed E-state index contributed by atoms with van der Waals surface area (Å²) in [5.41, 5.74) is 2.55. The van der Waals surface area contributed by atoms with Crippen LogP contribution in [0, 0.1) is 0 Å². The van der Waals surface area contributed by atoms with Crippen LogP contribution in [-0.4, -0.2) is 25.9 Å². The molecule has 0 spiro atoms. The van der Waals surface area contributed by atoms with Gasteiger partial charge in [0.25, 0.3) is 0 Å². The standard InChI is InChI=1S/C17H27NO2/c1-5-9-18-15(12-17(2,3)19-4)13-6-7-16-14(11-13)8-10-20-16/h6-7,11,15,18H,5,8-10,12H2,1-4H3. The molecule has 0 saturated carbocycles. The average Bonchev–Trinajstić information content (AvgIpc) is 2.90. The fraction of sp³-hybridized carbons (Fsp3) is 0.647. The van der Waals surface area contributed by atoms with Crippen LogP contribution >= 0.6 is 0 Å². The predicted molar refractivity (Wildman–Crippen MR) is 82.4 cm³/mol. The number of rotatable bonds is 7. The van der Waals surface area contributed by atoms with Gasteiger partial charge in [-0.15, -0.1) is 0 Å². The van der Waals surface area contributed by atoms with E-state index in [1.807, 2.05) is 0 Å². The van der Waals surface area contributed by atoms with Gasteiger partial charge in [-0.25, -0.2) is 0 Å². The Morgan fingerprint density at radius 3 is 2.90 bits per heavy atom. The van der Waals surface area contributed by atoms with E-state index in [0.29, 0.717) is 6.04 Å². The lowest BCUT2D eigenvalue weighted by Gasteiger charge is -2.29. The summed E-state index contributed by atoms with van der Waals surface area (Å²) in [6.07, 6.45) is 3.12. The van der Waals surface area contributed by atoms with Gasteiger partial charge in [-0.3, -0.25) is 0 Å². The number of methoxy groups -OCH3 is 1. The molecule has 0 bridgehead atoms. The number of ether oxygens (including phenoxy) is 2. The monoisotopic (exact) mass is 277 g/mol. The Labute approximate surface area is 122 Å². The molecule has 0 fully saturated rings. The second-order valence-corrected chi connectivity index (χ2v) is 6.14. The highest BCUT2D eigenvalue weighted by Gasteiger charge is 2.24. The number of nitrogens with one attached hydrogen (secondary N) is 1. The Morgan fingerprint density at radius 2 is 2.20 bits per heavy atom. The molecule has 0 amide bonds. The Kier molecular flexibility index (Phi) is 5.06. The van der Waals surface area contributed by atoms with Crippen LogP contribution < -0.4 is 10.1 Å². The van der Waals surface area contributed by atoms with Crippen molar-refractivity contribution >= 4 is 0 Å². The topological polar surface area (TPSA) is 30.5 Å². The van der Waals surface area contributed by atoms with Gasteiger partial charge in [0.1, 0.15) is 5.75 Å². The Morgan fingerprint density at radius 1 is 1.40 bits per heavy atom. The maximum atomic E-state index is 5.60. The number of benzene rings is 1. The van der Waals surface area contributed by atoms with Crippen LogP contribution in [0.3, 0.4) is 0 Å². The van der Waals surface area contributed by atoms with Gasteiger partial charge in [0, 0.05) is 19.6 Å². The van der Waals surface area contributed by atoms with E-state index < -0.39 is 0 Å². The maximum Gasteiger partial charge on any atom is 0.122 e. The van der Waals surface area contributed by atoms with Crippen molar-refractivity contribution in [3.05, 3.63) is 29.3 Å². The molecule has 1 unspecified atom stereocenters. The molecule has 3 heteroatoms. The van der Waals surface area contributed by atoms with Crippen LogP contribution in [0.1, 0.15) is 50.8 Å². The lowest BCUT2D eigenvalue weighted by atomic mass is 9.92. The van der Waals surface area contributed by atoms with Gasteiger partial charge < -0.3 is 14.8 Å². The molecule has 20 heavy (non-hydrogen) atoms. The van der Waals surface area contributed by atoms with Crippen molar-refractivity contribution in [2.24, 2.45) is 0 Å². The van der Waals surface area contributed by atoms with Crippen molar-refractivity contribution in [3.63, 3.8) is 0 Å². The van der Waals surface area contributed by atoms with Crippen LogP contribution in [0.25, 0.3) is 0 Å². The van der Waals surface area contributed by atoms with Crippen molar-refractivity contribution in [1.82, 2.24) is 5.32 Å². The first kappa shape index (κ1) is 15.3. The molecule has 1 heterocycles. The van der Waals surface area contributed by atoms with Crippen molar-refractivity contribution in [1.29, 1.82) is 0 Å². The molecule has 1 aliphatic rings. The van der Waals surface area contributed by atoms with Crippen molar-refractivity contribution < 1.29 is 9.47 Å². The second kappa shape index (κ2) is 6.59. The third-order valence-corrected chi connectivity index (χ3v) is 4.00. The van der Waals surface area contributed by atoms with Crippen molar-refractivity contribution in [3.8, 4) is 5.75 Å². The predicted octanol–water partition coefficient (Wildman–Crippen LogP) is 3.48. The highest BCUT2D eigenvalue weighted by atomic mass is 16.5. The quantitative estimate of drug-likeness (QED) is 0.827. The van der Waals surface area contributed by atoms with Crippen LogP contribution in [0.5, 0.6) is 5.75 Å².